The minimum Gasteiger partial charge on any atom is -0.366 e. The normalized spacial score (nSPS) is 10.3. The van der Waals surface area contributed by atoms with Crippen LogP contribution in [0, 0.1) is 19.3 Å². The summed E-state index contributed by atoms with van der Waals surface area (Å²) in [6, 6.07) is 7.58. The lowest BCUT2D eigenvalue weighted by atomic mass is 10.3. The van der Waals surface area contributed by atoms with Crippen LogP contribution in [-0.2, 0) is 13.1 Å². The number of anilines is 1. The number of nitrogens with zero attached hydrogens (tertiary/aromatic N) is 5. The van der Waals surface area contributed by atoms with Crippen molar-refractivity contribution in [3.63, 3.8) is 0 Å². The van der Waals surface area contributed by atoms with E-state index in [2.05, 4.69) is 31.3 Å². The Morgan fingerprint density at radius 2 is 2.22 bits per heavy atom. The molecule has 0 amide bonds. The number of rotatable bonds is 5. The summed E-state index contributed by atoms with van der Waals surface area (Å²) in [5, 5.41) is 7.48. The second-order valence-corrected chi connectivity index (χ2v) is 5.04. The minimum absolute atomic E-state index is 0.469. The van der Waals surface area contributed by atoms with Gasteiger partial charge in [-0.2, -0.15) is 5.10 Å². The maximum atomic E-state index is 5.27. The maximum absolute atomic E-state index is 5.27. The number of pyridine rings is 1. The fourth-order valence-electron chi connectivity index (χ4n) is 2.14. The molecule has 0 atom stereocenters. The van der Waals surface area contributed by atoms with E-state index in [1.54, 1.807) is 17.1 Å². The van der Waals surface area contributed by atoms with Crippen LogP contribution in [0.25, 0.3) is 11.5 Å². The Hall–Kier alpha value is -3.20. The van der Waals surface area contributed by atoms with Crippen LogP contribution < -0.4 is 5.32 Å². The predicted octanol–water partition coefficient (Wildman–Crippen LogP) is 2.29. The topological polar surface area (TPSA) is 68.5 Å². The van der Waals surface area contributed by atoms with Gasteiger partial charge in [0.25, 0.3) is 0 Å². The molecular weight excluding hydrogens is 288 g/mol. The molecule has 0 unspecified atom stereocenters. The summed E-state index contributed by atoms with van der Waals surface area (Å²) in [5.41, 5.74) is 2.67. The summed E-state index contributed by atoms with van der Waals surface area (Å²) in [5.74, 6) is 3.92. The molecule has 3 heterocycles. The van der Waals surface area contributed by atoms with Crippen molar-refractivity contribution in [2.24, 2.45) is 0 Å². The quantitative estimate of drug-likeness (QED) is 0.732. The monoisotopic (exact) mass is 304 g/mol. The summed E-state index contributed by atoms with van der Waals surface area (Å²) in [6.07, 6.45) is 10.7. The second-order valence-electron chi connectivity index (χ2n) is 5.04. The largest absolute Gasteiger partial charge is 0.366 e. The van der Waals surface area contributed by atoms with Crippen LogP contribution in [0.3, 0.4) is 0 Å². The number of terminal acetylenes is 1. The summed E-state index contributed by atoms with van der Waals surface area (Å²) < 4.78 is 1.72. The Kier molecular flexibility index (Phi) is 4.29. The van der Waals surface area contributed by atoms with E-state index in [1.807, 2.05) is 37.4 Å². The van der Waals surface area contributed by atoms with Crippen molar-refractivity contribution in [2.75, 3.05) is 5.32 Å². The van der Waals surface area contributed by atoms with Crippen molar-refractivity contribution in [3.8, 4) is 23.9 Å². The van der Waals surface area contributed by atoms with E-state index in [9.17, 15) is 0 Å². The Bertz CT molecular complexity index is 832. The molecule has 0 aliphatic rings. The molecule has 0 spiro atoms. The van der Waals surface area contributed by atoms with Crippen molar-refractivity contribution in [1.82, 2.24) is 24.7 Å². The smallest absolute Gasteiger partial charge is 0.180 e. The van der Waals surface area contributed by atoms with Crippen LogP contribution in [0.15, 0.2) is 42.9 Å². The van der Waals surface area contributed by atoms with E-state index in [0.717, 1.165) is 22.8 Å². The van der Waals surface area contributed by atoms with Gasteiger partial charge in [0.1, 0.15) is 18.1 Å². The minimum atomic E-state index is 0.469. The van der Waals surface area contributed by atoms with Gasteiger partial charge in [-0.25, -0.2) is 9.97 Å². The van der Waals surface area contributed by atoms with Crippen molar-refractivity contribution in [2.45, 2.75) is 20.0 Å². The van der Waals surface area contributed by atoms with E-state index in [1.165, 1.54) is 0 Å². The molecular formula is C17H16N6. The van der Waals surface area contributed by atoms with Gasteiger partial charge in [0.15, 0.2) is 5.82 Å². The third kappa shape index (κ3) is 3.71. The van der Waals surface area contributed by atoms with E-state index in [0.29, 0.717) is 18.9 Å². The Labute approximate surface area is 134 Å². The molecule has 0 saturated heterocycles. The molecule has 0 saturated carbocycles. The van der Waals surface area contributed by atoms with E-state index < -0.39 is 0 Å². The van der Waals surface area contributed by atoms with E-state index >= 15 is 0 Å². The fourth-order valence-corrected chi connectivity index (χ4v) is 2.14. The number of hydrogen-bond donors (Lipinski definition) is 1. The molecule has 0 aromatic carbocycles. The van der Waals surface area contributed by atoms with E-state index in [-0.39, 0.29) is 0 Å². The van der Waals surface area contributed by atoms with Crippen LogP contribution in [0.4, 0.5) is 5.82 Å². The van der Waals surface area contributed by atoms with Crippen LogP contribution >= 0.6 is 0 Å². The highest BCUT2D eigenvalue weighted by molar-refractivity contribution is 5.52. The summed E-state index contributed by atoms with van der Waals surface area (Å²) in [4.78, 5) is 13.2. The Morgan fingerprint density at radius 3 is 3.00 bits per heavy atom. The Balaban J connectivity index is 1.75. The van der Waals surface area contributed by atoms with Gasteiger partial charge in [-0.05, 0) is 19.1 Å². The average molecular weight is 304 g/mol. The number of aromatic nitrogens is 5. The molecule has 114 valence electrons. The van der Waals surface area contributed by atoms with Crippen LogP contribution in [-0.4, -0.2) is 24.7 Å². The molecule has 0 aliphatic carbocycles. The van der Waals surface area contributed by atoms with Crippen LogP contribution in [0.5, 0.6) is 0 Å². The summed E-state index contributed by atoms with van der Waals surface area (Å²) in [6.45, 7) is 3.02. The van der Waals surface area contributed by atoms with Gasteiger partial charge >= 0.3 is 0 Å². The molecule has 23 heavy (non-hydrogen) atoms. The number of hydrogen-bond acceptors (Lipinski definition) is 5. The summed E-state index contributed by atoms with van der Waals surface area (Å²) in [7, 11) is 0. The first-order valence-electron chi connectivity index (χ1n) is 7.20. The van der Waals surface area contributed by atoms with Crippen molar-refractivity contribution < 1.29 is 0 Å². The number of nitrogens with one attached hydrogen (secondary N) is 1. The van der Waals surface area contributed by atoms with Gasteiger partial charge in [0.05, 0.1) is 6.20 Å². The first-order valence-corrected chi connectivity index (χ1v) is 7.20. The van der Waals surface area contributed by atoms with Crippen molar-refractivity contribution in [3.05, 3.63) is 54.1 Å². The zero-order valence-corrected chi connectivity index (χ0v) is 12.8. The van der Waals surface area contributed by atoms with Gasteiger partial charge in [-0.1, -0.05) is 12.0 Å². The summed E-state index contributed by atoms with van der Waals surface area (Å²) >= 11 is 0. The molecule has 6 nitrogen and oxygen atoms in total. The predicted molar refractivity (Wildman–Crippen MR) is 88.4 cm³/mol. The molecule has 3 aromatic heterocycles. The Morgan fingerprint density at radius 1 is 1.30 bits per heavy atom. The lowest BCUT2D eigenvalue weighted by molar-refractivity contribution is 0.715. The lowest BCUT2D eigenvalue weighted by Crippen LogP contribution is -2.04. The van der Waals surface area contributed by atoms with Gasteiger partial charge in [0, 0.05) is 36.3 Å². The van der Waals surface area contributed by atoms with E-state index in [4.69, 9.17) is 6.42 Å². The SMILES string of the molecule is C#CCn1cc(CNc2cc(C)nc(-c3ccccn3)n2)cn1. The first kappa shape index (κ1) is 14.7. The van der Waals surface area contributed by atoms with Gasteiger partial charge in [0.2, 0.25) is 0 Å². The first-order chi connectivity index (χ1) is 11.2. The third-order valence-electron chi connectivity index (χ3n) is 3.16. The molecule has 0 bridgehead atoms. The fraction of sp³-hybridized carbons (Fsp3) is 0.176. The van der Waals surface area contributed by atoms with Crippen molar-refractivity contribution >= 4 is 5.82 Å². The van der Waals surface area contributed by atoms with Crippen molar-refractivity contribution in [1.29, 1.82) is 0 Å². The molecule has 6 heteroatoms. The zero-order chi connectivity index (χ0) is 16.1. The average Bonchev–Trinajstić information content (AvgIpc) is 3.01. The zero-order valence-electron chi connectivity index (χ0n) is 12.8. The molecule has 1 N–H and O–H groups in total. The molecule has 0 aliphatic heterocycles. The highest BCUT2D eigenvalue weighted by Crippen LogP contribution is 2.15. The lowest BCUT2D eigenvalue weighted by Gasteiger charge is -2.07. The highest BCUT2D eigenvalue weighted by Gasteiger charge is 2.06. The van der Waals surface area contributed by atoms with Gasteiger partial charge in [-0.3, -0.25) is 9.67 Å². The second kappa shape index (κ2) is 6.71. The maximum Gasteiger partial charge on any atom is 0.180 e. The van der Waals surface area contributed by atoms with Gasteiger partial charge in [-0.15, -0.1) is 6.42 Å². The molecule has 3 aromatic rings. The highest BCUT2D eigenvalue weighted by atomic mass is 15.3. The molecule has 0 fully saturated rings. The van der Waals surface area contributed by atoms with Gasteiger partial charge < -0.3 is 5.32 Å². The molecule has 3 rings (SSSR count). The van der Waals surface area contributed by atoms with Crippen LogP contribution in [0.2, 0.25) is 0 Å². The third-order valence-corrected chi connectivity index (χ3v) is 3.16. The number of aryl methyl sites for hydroxylation is 1. The standard InChI is InChI=1S/C17H16N6/c1-3-8-23-12-14(11-20-23)10-19-16-9-13(2)21-17(22-16)15-6-4-5-7-18-15/h1,4-7,9,11-12H,8,10H2,2H3,(H,19,21,22). The molecule has 0 radical (unpaired) electrons. The van der Waals surface area contributed by atoms with Crippen LogP contribution in [0.1, 0.15) is 11.3 Å².